The number of aromatic nitrogens is 2. The van der Waals surface area contributed by atoms with Gasteiger partial charge in [-0.1, -0.05) is 36.9 Å². The second-order valence-corrected chi connectivity index (χ2v) is 13.1. The predicted molar refractivity (Wildman–Crippen MR) is 166 cm³/mol. The molecule has 0 unspecified atom stereocenters. The highest BCUT2D eigenvalue weighted by molar-refractivity contribution is 7.99. The fraction of sp³-hybridized carbons (Fsp3) is 0.364. The van der Waals surface area contributed by atoms with E-state index in [0.29, 0.717) is 44.1 Å². The van der Waals surface area contributed by atoms with E-state index in [-0.39, 0.29) is 34.9 Å². The van der Waals surface area contributed by atoms with Crippen LogP contribution in [0.2, 0.25) is 0 Å². The number of nitrogens with zero attached hydrogens (tertiary/aromatic N) is 4. The smallest absolute Gasteiger partial charge is 0.350 e. The van der Waals surface area contributed by atoms with Gasteiger partial charge in [0.1, 0.15) is 11.6 Å². The molecule has 3 aromatic carbocycles. The largest absolute Gasteiger partial charge is 0.380 e. The molecule has 7 nitrogen and oxygen atoms in total. The van der Waals surface area contributed by atoms with Gasteiger partial charge in [-0.15, -0.1) is 11.8 Å². The average molecular weight is 585 g/mol. The fourth-order valence-electron chi connectivity index (χ4n) is 6.86. The van der Waals surface area contributed by atoms with Crippen molar-refractivity contribution in [1.29, 1.82) is 0 Å². The summed E-state index contributed by atoms with van der Waals surface area (Å²) in [4.78, 5) is 36.2. The van der Waals surface area contributed by atoms with Crippen molar-refractivity contribution < 1.29 is 13.9 Å². The summed E-state index contributed by atoms with van der Waals surface area (Å²) < 4.78 is 22.4. The Hall–Kier alpha value is -3.69. The molecule has 4 aromatic rings. The first-order chi connectivity index (χ1) is 20.2. The van der Waals surface area contributed by atoms with Gasteiger partial charge in [-0.25, -0.2) is 9.18 Å². The highest BCUT2D eigenvalue weighted by Crippen LogP contribution is 2.49. The molecule has 2 saturated heterocycles. The molecule has 0 radical (unpaired) electrons. The van der Waals surface area contributed by atoms with Crippen LogP contribution in [-0.4, -0.2) is 64.5 Å². The van der Waals surface area contributed by atoms with Crippen molar-refractivity contribution in [3.63, 3.8) is 0 Å². The maximum absolute atomic E-state index is 14.9. The van der Waals surface area contributed by atoms with Crippen LogP contribution >= 0.6 is 11.8 Å². The van der Waals surface area contributed by atoms with Crippen molar-refractivity contribution in [3.05, 3.63) is 77.0 Å². The third-order valence-electron chi connectivity index (χ3n) is 9.08. The van der Waals surface area contributed by atoms with Crippen LogP contribution < -0.4 is 10.6 Å². The number of piperazine rings is 1. The van der Waals surface area contributed by atoms with E-state index in [9.17, 15) is 14.0 Å². The maximum atomic E-state index is 14.9. The number of carbonyl (C=O) groups excluding carboxylic acids is 1. The van der Waals surface area contributed by atoms with E-state index in [1.165, 1.54) is 12.1 Å². The van der Waals surface area contributed by atoms with Gasteiger partial charge in [0.05, 0.1) is 18.7 Å². The zero-order valence-corrected chi connectivity index (χ0v) is 24.8. The monoisotopic (exact) mass is 584 g/mol. The van der Waals surface area contributed by atoms with Crippen LogP contribution in [0, 0.1) is 18.2 Å². The summed E-state index contributed by atoms with van der Waals surface area (Å²) in [6, 6.07) is 13.0. The summed E-state index contributed by atoms with van der Waals surface area (Å²) in [6.07, 6.45) is 1.36. The van der Waals surface area contributed by atoms with E-state index < -0.39 is 0 Å². The number of anilines is 1. The lowest BCUT2D eigenvalue weighted by Crippen LogP contribution is -2.58. The van der Waals surface area contributed by atoms with Crippen molar-refractivity contribution in [2.45, 2.75) is 44.3 Å². The van der Waals surface area contributed by atoms with Crippen molar-refractivity contribution >= 4 is 45.2 Å². The molecule has 0 saturated carbocycles. The zero-order valence-electron chi connectivity index (χ0n) is 24.0. The second-order valence-electron chi connectivity index (χ2n) is 12.1. The number of fused-ring (bicyclic) bond motifs is 1. The van der Waals surface area contributed by atoms with Gasteiger partial charge in [0, 0.05) is 64.1 Å². The predicted octanol–water partition coefficient (Wildman–Crippen LogP) is 5.40. The molecule has 42 heavy (non-hydrogen) atoms. The normalized spacial score (nSPS) is 21.4. The minimum Gasteiger partial charge on any atom is -0.380 e. The first-order valence-corrected chi connectivity index (χ1v) is 15.4. The van der Waals surface area contributed by atoms with E-state index in [0.717, 1.165) is 43.6 Å². The lowest BCUT2D eigenvalue weighted by Gasteiger charge is -2.44. The maximum Gasteiger partial charge on any atom is 0.350 e. The van der Waals surface area contributed by atoms with Crippen LogP contribution in [0.3, 0.4) is 0 Å². The van der Waals surface area contributed by atoms with Crippen LogP contribution in [0.25, 0.3) is 32.8 Å². The van der Waals surface area contributed by atoms with E-state index in [4.69, 9.17) is 9.72 Å². The Bertz CT molecular complexity index is 1850. The third kappa shape index (κ3) is 4.08. The van der Waals surface area contributed by atoms with Crippen molar-refractivity contribution in [2.24, 2.45) is 5.41 Å². The van der Waals surface area contributed by atoms with Gasteiger partial charge < -0.3 is 14.5 Å². The molecule has 3 aliphatic heterocycles. The van der Waals surface area contributed by atoms with Crippen LogP contribution in [-0.2, 0) is 16.1 Å². The first kappa shape index (κ1) is 27.2. The number of aryl methyl sites for hydroxylation is 1. The standard InChI is InChI=1S/C33H33FN4O3S/c1-5-27(39)36-13-21(4)37(14-20(36)3)31-25-12-19(2)28(24-10-11-26(34)23-9-7-6-8-22(23)24)30-29(25)38(32(40)35-31)15-33(18-42-30)16-41-17-33/h5-12,20-21H,1,13-18H2,2-4H3/t20-,21+/m1/s1. The Balaban J connectivity index is 1.49. The summed E-state index contributed by atoms with van der Waals surface area (Å²) in [6.45, 7) is 12.6. The average Bonchev–Trinajstić information content (AvgIpc) is 3.15. The number of benzene rings is 3. The Morgan fingerprint density at radius 2 is 1.88 bits per heavy atom. The number of halogens is 1. The molecule has 7 rings (SSSR count). The molecular formula is C33H33FN4O3S. The van der Waals surface area contributed by atoms with E-state index in [1.807, 2.05) is 46.7 Å². The Kier molecular flexibility index (Phi) is 6.44. The molecule has 4 heterocycles. The van der Waals surface area contributed by atoms with Gasteiger partial charge in [-0.3, -0.25) is 9.36 Å². The fourth-order valence-corrected chi connectivity index (χ4v) is 8.34. The number of thioether (sulfide) groups is 1. The van der Waals surface area contributed by atoms with Crippen molar-refractivity contribution in [1.82, 2.24) is 14.5 Å². The number of carbonyl (C=O) groups is 1. The van der Waals surface area contributed by atoms with Crippen LogP contribution in [0.1, 0.15) is 19.4 Å². The van der Waals surface area contributed by atoms with Gasteiger partial charge in [0.15, 0.2) is 0 Å². The molecule has 0 bridgehead atoms. The molecule has 1 amide bonds. The van der Waals surface area contributed by atoms with Crippen LogP contribution in [0.15, 0.2) is 64.8 Å². The van der Waals surface area contributed by atoms with Gasteiger partial charge in [0.25, 0.3) is 0 Å². The molecule has 216 valence electrons. The SMILES string of the molecule is C=CC(=O)N1C[C@H](C)N(c2nc(=O)n3c4c(c(-c5ccc(F)c6ccccc56)c(C)cc24)SCC2(COC2)C3)C[C@H]1C. The molecule has 2 atom stereocenters. The van der Waals surface area contributed by atoms with E-state index in [2.05, 4.69) is 31.4 Å². The molecule has 9 heteroatoms. The number of ether oxygens (including phenoxy) is 1. The molecule has 0 N–H and O–H groups in total. The molecule has 0 aliphatic carbocycles. The quantitative estimate of drug-likeness (QED) is 0.301. The minimum absolute atomic E-state index is 0.0512. The van der Waals surface area contributed by atoms with E-state index in [1.54, 1.807) is 11.8 Å². The zero-order chi connectivity index (χ0) is 29.3. The first-order valence-electron chi connectivity index (χ1n) is 14.4. The van der Waals surface area contributed by atoms with Crippen molar-refractivity contribution in [3.8, 4) is 11.1 Å². The second kappa shape index (κ2) is 9.95. The summed E-state index contributed by atoms with van der Waals surface area (Å²) in [5, 5.41) is 2.34. The molecule has 2 fully saturated rings. The third-order valence-corrected chi connectivity index (χ3v) is 10.5. The number of hydrogen-bond donors (Lipinski definition) is 0. The molecule has 1 aromatic heterocycles. The highest BCUT2D eigenvalue weighted by Gasteiger charge is 2.43. The molecular weight excluding hydrogens is 551 g/mol. The lowest BCUT2D eigenvalue weighted by atomic mass is 9.88. The number of hydrogen-bond acceptors (Lipinski definition) is 6. The van der Waals surface area contributed by atoms with Crippen LogP contribution in [0.5, 0.6) is 0 Å². The summed E-state index contributed by atoms with van der Waals surface area (Å²) in [5.74, 6) is 1.12. The van der Waals surface area contributed by atoms with Gasteiger partial charge in [-0.05, 0) is 55.5 Å². The Labute approximate surface area is 248 Å². The lowest BCUT2D eigenvalue weighted by molar-refractivity contribution is -0.128. The Morgan fingerprint density at radius 1 is 1.12 bits per heavy atom. The minimum atomic E-state index is -0.282. The number of amides is 1. The summed E-state index contributed by atoms with van der Waals surface area (Å²) >= 11 is 1.76. The van der Waals surface area contributed by atoms with Gasteiger partial charge in [-0.2, -0.15) is 4.98 Å². The van der Waals surface area contributed by atoms with E-state index >= 15 is 0 Å². The molecule has 1 spiro atoms. The number of rotatable bonds is 3. The molecule has 3 aliphatic rings. The van der Waals surface area contributed by atoms with Crippen molar-refractivity contribution in [2.75, 3.05) is 37.0 Å². The summed E-state index contributed by atoms with van der Waals surface area (Å²) in [7, 11) is 0. The van der Waals surface area contributed by atoms with Crippen LogP contribution in [0.4, 0.5) is 10.2 Å². The highest BCUT2D eigenvalue weighted by atomic mass is 32.2. The van der Waals surface area contributed by atoms with Gasteiger partial charge >= 0.3 is 5.69 Å². The van der Waals surface area contributed by atoms with Gasteiger partial charge in [0.2, 0.25) is 5.91 Å². The Morgan fingerprint density at radius 3 is 2.60 bits per heavy atom. The summed E-state index contributed by atoms with van der Waals surface area (Å²) in [5.41, 5.74) is 3.46. The topological polar surface area (TPSA) is 67.7 Å².